The van der Waals surface area contributed by atoms with Gasteiger partial charge in [0.05, 0.1) is 12.6 Å². The van der Waals surface area contributed by atoms with Gasteiger partial charge in [-0.3, -0.25) is 9.59 Å². The average Bonchev–Trinajstić information content (AvgIpc) is 2.33. The molecule has 0 radical (unpaired) electrons. The van der Waals surface area contributed by atoms with E-state index in [0.717, 1.165) is 13.0 Å². The number of nitrogens with two attached hydrogens (primary N) is 1. The topological polar surface area (TPSA) is 87.5 Å². The Hall–Kier alpha value is -1.14. The van der Waals surface area contributed by atoms with Crippen LogP contribution in [0.5, 0.6) is 0 Å². The lowest BCUT2D eigenvalue weighted by atomic mass is 10.0. The SMILES string of the molecule is CC(C)CC(CN(C)C)NC(=O)CNC(=O)[C@@H](N)C(C)C. The van der Waals surface area contributed by atoms with Gasteiger partial charge in [0.15, 0.2) is 0 Å². The molecule has 0 saturated heterocycles. The van der Waals surface area contributed by atoms with Crippen LogP contribution in [-0.2, 0) is 9.59 Å². The summed E-state index contributed by atoms with van der Waals surface area (Å²) < 4.78 is 0. The number of rotatable bonds is 9. The van der Waals surface area contributed by atoms with Gasteiger partial charge in [-0.1, -0.05) is 27.7 Å². The minimum Gasteiger partial charge on any atom is -0.351 e. The van der Waals surface area contributed by atoms with Crippen LogP contribution >= 0.6 is 0 Å². The van der Waals surface area contributed by atoms with Gasteiger partial charge in [-0.25, -0.2) is 0 Å². The van der Waals surface area contributed by atoms with E-state index in [1.54, 1.807) is 0 Å². The molecule has 0 aromatic heterocycles. The van der Waals surface area contributed by atoms with Gasteiger partial charge in [0.25, 0.3) is 0 Å². The monoisotopic (exact) mass is 300 g/mol. The Morgan fingerprint density at radius 2 is 1.71 bits per heavy atom. The maximum atomic E-state index is 11.9. The first-order valence-corrected chi connectivity index (χ1v) is 7.60. The molecular weight excluding hydrogens is 268 g/mol. The van der Waals surface area contributed by atoms with Gasteiger partial charge in [-0.2, -0.15) is 0 Å². The third kappa shape index (κ3) is 9.42. The van der Waals surface area contributed by atoms with E-state index in [2.05, 4.69) is 24.5 Å². The summed E-state index contributed by atoms with van der Waals surface area (Å²) >= 11 is 0. The molecule has 0 aromatic rings. The van der Waals surface area contributed by atoms with Crippen LogP contribution < -0.4 is 16.4 Å². The molecule has 6 nitrogen and oxygen atoms in total. The van der Waals surface area contributed by atoms with Gasteiger partial charge < -0.3 is 21.3 Å². The molecule has 0 spiro atoms. The second-order valence-electron chi connectivity index (χ2n) is 6.64. The van der Waals surface area contributed by atoms with Crippen molar-refractivity contribution in [1.82, 2.24) is 15.5 Å². The number of hydrogen-bond donors (Lipinski definition) is 3. The number of carbonyl (C=O) groups is 2. The van der Waals surface area contributed by atoms with Crippen LogP contribution in [0.3, 0.4) is 0 Å². The van der Waals surface area contributed by atoms with Crippen LogP contribution in [0.2, 0.25) is 0 Å². The van der Waals surface area contributed by atoms with E-state index in [-0.39, 0.29) is 30.3 Å². The number of amides is 2. The van der Waals surface area contributed by atoms with E-state index < -0.39 is 6.04 Å². The molecule has 0 fully saturated rings. The molecule has 0 heterocycles. The lowest BCUT2D eigenvalue weighted by molar-refractivity contribution is -0.127. The number of likely N-dealkylation sites (N-methyl/N-ethyl adjacent to an activating group) is 1. The Morgan fingerprint density at radius 3 is 2.14 bits per heavy atom. The molecule has 2 amide bonds. The standard InChI is InChI=1S/C15H32N4O2/c1-10(2)7-12(9-19(5)6)18-13(20)8-17-15(21)14(16)11(3)4/h10-12,14H,7-9,16H2,1-6H3,(H,17,21)(H,18,20)/t12?,14-/m0/s1. The Kier molecular flexibility index (Phi) is 9.21. The van der Waals surface area contributed by atoms with Crippen molar-refractivity contribution in [3.8, 4) is 0 Å². The summed E-state index contributed by atoms with van der Waals surface area (Å²) in [5, 5.41) is 5.55. The van der Waals surface area contributed by atoms with Crippen LogP contribution in [0.4, 0.5) is 0 Å². The van der Waals surface area contributed by atoms with Gasteiger partial charge >= 0.3 is 0 Å². The number of nitrogens with one attached hydrogen (secondary N) is 2. The predicted molar refractivity (Wildman–Crippen MR) is 85.8 cm³/mol. The summed E-state index contributed by atoms with van der Waals surface area (Å²) in [6, 6.07) is -0.491. The summed E-state index contributed by atoms with van der Waals surface area (Å²) in [7, 11) is 3.95. The van der Waals surface area contributed by atoms with Crippen LogP contribution in [0.15, 0.2) is 0 Å². The fraction of sp³-hybridized carbons (Fsp3) is 0.867. The van der Waals surface area contributed by atoms with E-state index >= 15 is 0 Å². The largest absolute Gasteiger partial charge is 0.351 e. The number of nitrogens with zero attached hydrogens (tertiary/aromatic N) is 1. The second-order valence-corrected chi connectivity index (χ2v) is 6.64. The molecule has 4 N–H and O–H groups in total. The van der Waals surface area contributed by atoms with Crippen LogP contribution in [0.25, 0.3) is 0 Å². The lowest BCUT2D eigenvalue weighted by Gasteiger charge is -2.24. The van der Waals surface area contributed by atoms with E-state index in [4.69, 9.17) is 5.73 Å². The van der Waals surface area contributed by atoms with Crippen molar-refractivity contribution in [3.63, 3.8) is 0 Å². The summed E-state index contributed by atoms with van der Waals surface area (Å²) in [4.78, 5) is 25.7. The molecular formula is C15H32N4O2. The smallest absolute Gasteiger partial charge is 0.239 e. The molecule has 124 valence electrons. The van der Waals surface area contributed by atoms with Crippen molar-refractivity contribution in [2.45, 2.75) is 46.2 Å². The zero-order chi connectivity index (χ0) is 16.6. The Morgan fingerprint density at radius 1 is 1.14 bits per heavy atom. The minimum absolute atomic E-state index is 0.0265. The van der Waals surface area contributed by atoms with Gasteiger partial charge in [-0.15, -0.1) is 0 Å². The van der Waals surface area contributed by atoms with Crippen molar-refractivity contribution in [1.29, 1.82) is 0 Å². The average molecular weight is 300 g/mol. The van der Waals surface area contributed by atoms with Crippen molar-refractivity contribution in [2.24, 2.45) is 17.6 Å². The lowest BCUT2D eigenvalue weighted by Crippen LogP contribution is -2.50. The summed E-state index contributed by atoms with van der Waals surface area (Å²) in [5.74, 6) is 0.0923. The van der Waals surface area contributed by atoms with Crippen molar-refractivity contribution in [3.05, 3.63) is 0 Å². The molecule has 0 saturated carbocycles. The fourth-order valence-electron chi connectivity index (χ4n) is 2.06. The molecule has 0 aliphatic carbocycles. The summed E-state index contributed by atoms with van der Waals surface area (Å²) in [6.45, 7) is 8.75. The normalized spacial score (nSPS) is 14.4. The van der Waals surface area contributed by atoms with E-state index in [0.29, 0.717) is 5.92 Å². The first-order chi connectivity index (χ1) is 9.63. The molecule has 2 atom stereocenters. The van der Waals surface area contributed by atoms with Gasteiger partial charge in [0, 0.05) is 12.6 Å². The molecule has 0 aliphatic heterocycles. The minimum atomic E-state index is -0.578. The van der Waals surface area contributed by atoms with Crippen LogP contribution in [0, 0.1) is 11.8 Å². The zero-order valence-corrected chi connectivity index (χ0v) is 14.3. The van der Waals surface area contributed by atoms with Crippen molar-refractivity contribution in [2.75, 3.05) is 27.2 Å². The fourth-order valence-corrected chi connectivity index (χ4v) is 2.06. The van der Waals surface area contributed by atoms with Crippen molar-refractivity contribution < 1.29 is 9.59 Å². The summed E-state index contributed by atoms with van der Waals surface area (Å²) in [6.07, 6.45) is 0.906. The Balaban J connectivity index is 4.28. The second kappa shape index (κ2) is 9.73. The third-order valence-electron chi connectivity index (χ3n) is 3.15. The third-order valence-corrected chi connectivity index (χ3v) is 3.15. The molecule has 0 aliphatic rings. The molecule has 21 heavy (non-hydrogen) atoms. The first kappa shape index (κ1) is 19.9. The number of carbonyl (C=O) groups excluding carboxylic acids is 2. The highest BCUT2D eigenvalue weighted by Gasteiger charge is 2.19. The Bertz CT molecular complexity index is 320. The Labute approximate surface area is 128 Å². The predicted octanol–water partition coefficient (Wildman–Crippen LogP) is 0.178. The van der Waals surface area contributed by atoms with Gasteiger partial charge in [0.1, 0.15) is 0 Å². The molecule has 0 bridgehead atoms. The highest BCUT2D eigenvalue weighted by atomic mass is 16.2. The van der Waals surface area contributed by atoms with E-state index in [1.165, 1.54) is 0 Å². The maximum absolute atomic E-state index is 11.9. The number of hydrogen-bond acceptors (Lipinski definition) is 4. The van der Waals surface area contributed by atoms with Gasteiger partial charge in [0.2, 0.25) is 11.8 Å². The highest BCUT2D eigenvalue weighted by molar-refractivity contribution is 5.87. The van der Waals surface area contributed by atoms with E-state index in [1.807, 2.05) is 32.8 Å². The molecule has 6 heteroatoms. The van der Waals surface area contributed by atoms with Crippen molar-refractivity contribution >= 4 is 11.8 Å². The first-order valence-electron chi connectivity index (χ1n) is 7.60. The van der Waals surface area contributed by atoms with Crippen LogP contribution in [-0.4, -0.2) is 56.0 Å². The van der Waals surface area contributed by atoms with E-state index in [9.17, 15) is 9.59 Å². The highest BCUT2D eigenvalue weighted by Crippen LogP contribution is 2.05. The van der Waals surface area contributed by atoms with Gasteiger partial charge in [-0.05, 0) is 32.4 Å². The molecule has 0 rings (SSSR count). The quantitative estimate of drug-likeness (QED) is 0.567. The maximum Gasteiger partial charge on any atom is 0.239 e. The zero-order valence-electron chi connectivity index (χ0n) is 14.3. The molecule has 0 aromatic carbocycles. The molecule has 1 unspecified atom stereocenters. The summed E-state index contributed by atoms with van der Waals surface area (Å²) in [5.41, 5.74) is 5.73. The van der Waals surface area contributed by atoms with Crippen LogP contribution in [0.1, 0.15) is 34.1 Å².